The molecule has 0 spiro atoms. The maximum Gasteiger partial charge on any atom is 0.409 e. The molecule has 1 aliphatic heterocycles. The van der Waals surface area contributed by atoms with E-state index in [-0.39, 0.29) is 11.7 Å². The van der Waals surface area contributed by atoms with Gasteiger partial charge in [-0.25, -0.2) is 4.79 Å². The van der Waals surface area contributed by atoms with E-state index >= 15 is 0 Å². The van der Waals surface area contributed by atoms with Crippen LogP contribution < -0.4 is 4.90 Å². The zero-order chi connectivity index (χ0) is 17.3. The van der Waals surface area contributed by atoms with Gasteiger partial charge in [0.2, 0.25) is 5.82 Å². The zero-order valence-electron chi connectivity index (χ0n) is 13.4. The maximum atomic E-state index is 13.6. The number of aromatic nitrogens is 4. The van der Waals surface area contributed by atoms with Gasteiger partial charge in [0.1, 0.15) is 5.82 Å². The molecular formula is C14H18F2N6O2. The minimum Gasteiger partial charge on any atom is -0.450 e. The summed E-state index contributed by atoms with van der Waals surface area (Å²) in [4.78, 5) is 15.2. The first-order valence-electron chi connectivity index (χ1n) is 7.67. The number of ether oxygens (including phenoxy) is 1. The molecule has 0 atom stereocenters. The third-order valence-electron chi connectivity index (χ3n) is 3.77. The number of amides is 1. The van der Waals surface area contributed by atoms with E-state index < -0.39 is 11.7 Å². The summed E-state index contributed by atoms with van der Waals surface area (Å²) >= 11 is 0. The number of rotatable bonds is 3. The molecular weight excluding hydrogens is 322 g/mol. The van der Waals surface area contributed by atoms with E-state index in [4.69, 9.17) is 4.74 Å². The first kappa shape index (κ1) is 16.3. The largest absolute Gasteiger partial charge is 0.450 e. The molecule has 0 saturated carbocycles. The number of anilines is 1. The Labute approximate surface area is 137 Å². The summed E-state index contributed by atoms with van der Waals surface area (Å²) in [7, 11) is 0. The van der Waals surface area contributed by atoms with Crippen molar-refractivity contribution in [2.75, 3.05) is 37.7 Å². The summed E-state index contributed by atoms with van der Waals surface area (Å²) in [5, 5.41) is 11.5. The molecule has 1 fully saturated rings. The smallest absolute Gasteiger partial charge is 0.409 e. The topological polar surface area (TPSA) is 75.9 Å². The van der Waals surface area contributed by atoms with Crippen LogP contribution in [-0.4, -0.2) is 63.6 Å². The summed E-state index contributed by atoms with van der Waals surface area (Å²) in [5.74, 6) is -3.09. The Morgan fingerprint density at radius 2 is 1.96 bits per heavy atom. The Morgan fingerprint density at radius 3 is 2.58 bits per heavy atom. The van der Waals surface area contributed by atoms with Crippen molar-refractivity contribution in [3.8, 4) is 0 Å². The van der Waals surface area contributed by atoms with Crippen molar-refractivity contribution in [1.82, 2.24) is 24.7 Å². The van der Waals surface area contributed by atoms with Crippen LogP contribution in [0.3, 0.4) is 0 Å². The number of carbonyl (C=O) groups excluding carboxylic acids is 1. The van der Waals surface area contributed by atoms with E-state index in [1.807, 2.05) is 4.90 Å². The van der Waals surface area contributed by atoms with Crippen LogP contribution in [0.15, 0.2) is 12.1 Å². The molecule has 0 N–H and O–H groups in total. The lowest BCUT2D eigenvalue weighted by Crippen LogP contribution is -2.49. The van der Waals surface area contributed by atoms with Gasteiger partial charge in [0.15, 0.2) is 5.65 Å². The first-order valence-corrected chi connectivity index (χ1v) is 7.67. The Kier molecular flexibility index (Phi) is 4.20. The van der Waals surface area contributed by atoms with Crippen molar-refractivity contribution in [1.29, 1.82) is 0 Å². The van der Waals surface area contributed by atoms with Gasteiger partial charge >= 0.3 is 12.0 Å². The molecule has 2 aromatic rings. The van der Waals surface area contributed by atoms with Gasteiger partial charge in [0.25, 0.3) is 0 Å². The number of fused-ring (bicyclic) bond motifs is 1. The standard InChI is InChI=1S/C14H18F2N6O2/c1-3-24-13(23)21-8-6-20(7-9-21)11-5-4-10-17-18-12(14(2,15)16)22(10)19-11/h4-5H,3,6-9H2,1-2H3. The highest BCUT2D eigenvalue weighted by atomic mass is 19.3. The second-order valence-electron chi connectivity index (χ2n) is 5.55. The molecule has 1 aliphatic rings. The van der Waals surface area contributed by atoms with Gasteiger partial charge in [-0.1, -0.05) is 0 Å². The Balaban J connectivity index is 1.78. The molecule has 1 amide bonds. The Hall–Kier alpha value is -2.52. The van der Waals surface area contributed by atoms with Crippen LogP contribution in [0.4, 0.5) is 19.4 Å². The molecule has 2 aromatic heterocycles. The van der Waals surface area contributed by atoms with Gasteiger partial charge in [0.05, 0.1) is 6.61 Å². The van der Waals surface area contributed by atoms with E-state index in [9.17, 15) is 13.6 Å². The first-order chi connectivity index (χ1) is 11.4. The van der Waals surface area contributed by atoms with Crippen LogP contribution >= 0.6 is 0 Å². The van der Waals surface area contributed by atoms with E-state index in [2.05, 4.69) is 15.3 Å². The van der Waals surface area contributed by atoms with Crippen LogP contribution in [0.2, 0.25) is 0 Å². The van der Waals surface area contributed by atoms with Crippen molar-refractivity contribution >= 4 is 17.6 Å². The molecule has 130 valence electrons. The molecule has 1 saturated heterocycles. The molecule has 24 heavy (non-hydrogen) atoms. The van der Waals surface area contributed by atoms with Gasteiger partial charge in [0, 0.05) is 33.1 Å². The second kappa shape index (κ2) is 6.17. The molecule has 3 heterocycles. The quantitative estimate of drug-likeness (QED) is 0.843. The van der Waals surface area contributed by atoms with E-state index in [1.54, 1.807) is 24.0 Å². The van der Waals surface area contributed by atoms with Crippen LogP contribution in [0.1, 0.15) is 19.7 Å². The van der Waals surface area contributed by atoms with Gasteiger partial charge in [-0.15, -0.1) is 15.3 Å². The van der Waals surface area contributed by atoms with Gasteiger partial charge in [-0.05, 0) is 19.1 Å². The fraction of sp³-hybridized carbons (Fsp3) is 0.571. The number of hydrogen-bond acceptors (Lipinski definition) is 6. The Morgan fingerprint density at radius 1 is 1.25 bits per heavy atom. The highest BCUT2D eigenvalue weighted by molar-refractivity contribution is 5.68. The van der Waals surface area contributed by atoms with Crippen LogP contribution in [-0.2, 0) is 10.7 Å². The highest BCUT2D eigenvalue weighted by Crippen LogP contribution is 2.25. The molecule has 0 aliphatic carbocycles. The fourth-order valence-corrected chi connectivity index (χ4v) is 2.55. The predicted octanol–water partition coefficient (Wildman–Crippen LogP) is 1.51. The summed E-state index contributed by atoms with van der Waals surface area (Å²) in [6.45, 7) is 4.89. The molecule has 8 nitrogen and oxygen atoms in total. The molecule has 10 heteroatoms. The average molecular weight is 340 g/mol. The lowest BCUT2D eigenvalue weighted by molar-refractivity contribution is 0.00562. The number of hydrogen-bond donors (Lipinski definition) is 0. The lowest BCUT2D eigenvalue weighted by Gasteiger charge is -2.34. The SMILES string of the molecule is CCOC(=O)N1CCN(c2ccc3nnc(C(C)(F)F)n3n2)CC1. The van der Waals surface area contributed by atoms with Crippen molar-refractivity contribution in [2.24, 2.45) is 0 Å². The highest BCUT2D eigenvalue weighted by Gasteiger charge is 2.32. The molecule has 0 radical (unpaired) electrons. The number of nitrogens with zero attached hydrogens (tertiary/aromatic N) is 6. The van der Waals surface area contributed by atoms with Crippen LogP contribution in [0.25, 0.3) is 5.65 Å². The zero-order valence-corrected chi connectivity index (χ0v) is 13.4. The summed E-state index contributed by atoms with van der Waals surface area (Å²) < 4.78 is 33.2. The number of carbonyl (C=O) groups is 1. The summed E-state index contributed by atoms with van der Waals surface area (Å²) in [6.07, 6.45) is -0.340. The van der Waals surface area contributed by atoms with Crippen molar-refractivity contribution in [3.63, 3.8) is 0 Å². The van der Waals surface area contributed by atoms with E-state index in [0.717, 1.165) is 11.4 Å². The summed E-state index contributed by atoms with van der Waals surface area (Å²) in [6, 6.07) is 3.31. The predicted molar refractivity (Wildman–Crippen MR) is 81.2 cm³/mol. The van der Waals surface area contributed by atoms with E-state index in [1.165, 1.54) is 0 Å². The van der Waals surface area contributed by atoms with E-state index in [0.29, 0.717) is 38.6 Å². The second-order valence-corrected chi connectivity index (χ2v) is 5.55. The minimum absolute atomic E-state index is 0.264. The van der Waals surface area contributed by atoms with Crippen molar-refractivity contribution < 1.29 is 18.3 Å². The summed E-state index contributed by atoms with van der Waals surface area (Å²) in [5.41, 5.74) is 0.264. The maximum absolute atomic E-state index is 13.6. The third kappa shape index (κ3) is 3.08. The van der Waals surface area contributed by atoms with Gasteiger partial charge < -0.3 is 14.5 Å². The third-order valence-corrected chi connectivity index (χ3v) is 3.77. The van der Waals surface area contributed by atoms with Gasteiger partial charge in [-0.3, -0.25) is 0 Å². The van der Waals surface area contributed by atoms with Crippen molar-refractivity contribution in [2.45, 2.75) is 19.8 Å². The normalized spacial score (nSPS) is 15.8. The average Bonchev–Trinajstić information content (AvgIpc) is 2.98. The lowest BCUT2D eigenvalue weighted by atomic mass is 10.3. The monoisotopic (exact) mass is 340 g/mol. The number of alkyl halides is 2. The molecule has 0 aromatic carbocycles. The minimum atomic E-state index is -3.13. The molecule has 0 bridgehead atoms. The number of halogens is 2. The van der Waals surface area contributed by atoms with Crippen LogP contribution in [0, 0.1) is 0 Å². The van der Waals surface area contributed by atoms with Crippen LogP contribution in [0.5, 0.6) is 0 Å². The van der Waals surface area contributed by atoms with Gasteiger partial charge in [-0.2, -0.15) is 13.3 Å². The Bertz CT molecular complexity index is 736. The molecule has 3 rings (SSSR count). The van der Waals surface area contributed by atoms with Crippen molar-refractivity contribution in [3.05, 3.63) is 18.0 Å². The fourth-order valence-electron chi connectivity index (χ4n) is 2.55. The molecule has 0 unspecified atom stereocenters. The number of piperazine rings is 1.